The summed E-state index contributed by atoms with van der Waals surface area (Å²) >= 11 is 0. The van der Waals surface area contributed by atoms with Crippen molar-refractivity contribution >= 4 is 45.8 Å². The van der Waals surface area contributed by atoms with Crippen molar-refractivity contribution in [2.24, 2.45) is 13.0 Å². The second-order valence-corrected chi connectivity index (χ2v) is 14.9. The van der Waals surface area contributed by atoms with Gasteiger partial charge in [-0.05, 0) is 82.2 Å². The highest BCUT2D eigenvalue weighted by Gasteiger charge is 2.34. The van der Waals surface area contributed by atoms with Crippen LogP contribution in [0.5, 0.6) is 0 Å². The van der Waals surface area contributed by atoms with Crippen LogP contribution < -0.4 is 21.2 Å². The number of anilines is 2. The average molecular weight is 743 g/mol. The number of fused-ring (bicyclic) bond motifs is 2. The van der Waals surface area contributed by atoms with Crippen molar-refractivity contribution in [2.45, 2.75) is 75.9 Å². The number of benzene rings is 1. The maximum Gasteiger partial charge on any atom is 0.329 e. The van der Waals surface area contributed by atoms with Gasteiger partial charge in [0.1, 0.15) is 17.4 Å². The van der Waals surface area contributed by atoms with Gasteiger partial charge >= 0.3 is 5.69 Å². The number of imidazole rings is 2. The number of nitrogens with zero attached hydrogens (tertiary/aromatic N) is 8. The highest BCUT2D eigenvalue weighted by Crippen LogP contribution is 2.36. The molecule has 5 aromatic rings. The van der Waals surface area contributed by atoms with Crippen molar-refractivity contribution in [1.29, 1.82) is 0 Å². The Morgan fingerprint density at radius 2 is 1.80 bits per heavy atom. The molecule has 6 heterocycles. The van der Waals surface area contributed by atoms with E-state index in [2.05, 4.69) is 37.6 Å². The number of para-hydroxylation sites is 1. The van der Waals surface area contributed by atoms with Crippen LogP contribution in [0.4, 0.5) is 20.2 Å². The number of aromatic nitrogens is 6. The molecule has 0 spiro atoms. The smallest absolute Gasteiger partial charge is 0.329 e. The van der Waals surface area contributed by atoms with Crippen molar-refractivity contribution in [3.05, 3.63) is 76.9 Å². The van der Waals surface area contributed by atoms with Crippen LogP contribution in [0.15, 0.2) is 59.8 Å². The zero-order chi connectivity index (χ0) is 37.7. The number of carbonyl (C=O) groups is 3. The summed E-state index contributed by atoms with van der Waals surface area (Å²) < 4.78 is 34.5. The lowest BCUT2D eigenvalue weighted by atomic mass is 9.85. The molecule has 8 rings (SSSR count). The number of hydrogen-bond donors (Lipinski definition) is 2. The average Bonchev–Trinajstić information content (AvgIpc) is 3.87. The molecule has 0 bridgehead atoms. The first-order valence-electron chi connectivity index (χ1n) is 18.7. The third-order valence-corrected chi connectivity index (χ3v) is 11.6. The summed E-state index contributed by atoms with van der Waals surface area (Å²) in [5.74, 6) is -0.816. The molecule has 3 aliphatic rings. The summed E-state index contributed by atoms with van der Waals surface area (Å²) in [5, 5.41) is 9.27. The lowest BCUT2D eigenvalue weighted by molar-refractivity contribution is -0.135. The van der Waals surface area contributed by atoms with E-state index in [-0.39, 0.29) is 35.4 Å². The Morgan fingerprint density at radius 3 is 2.54 bits per heavy atom. The first-order chi connectivity index (χ1) is 26.1. The van der Waals surface area contributed by atoms with Gasteiger partial charge in [0.25, 0.3) is 12.3 Å². The molecule has 1 aliphatic carbocycles. The molecule has 1 aromatic carbocycles. The number of piperidine rings is 2. The Labute approximate surface area is 309 Å². The molecule has 2 N–H and O–H groups in total. The molecule has 3 fully saturated rings. The molecule has 3 amide bonds. The highest BCUT2D eigenvalue weighted by molar-refractivity contribution is 6.04. The SMILES string of the molecule is CN(CC1CCC(n2cc(NC(=O)c3cnc4ccccn34)c(C(F)F)n2)CC1)C1CCN(c2cccc3c2n(C)c(=O)n3C2CCC(=O)NC2=O)CC1. The van der Waals surface area contributed by atoms with Gasteiger partial charge in [0, 0.05) is 51.5 Å². The van der Waals surface area contributed by atoms with Crippen LogP contribution >= 0.6 is 0 Å². The molecule has 1 saturated carbocycles. The molecular weight excluding hydrogens is 698 g/mol. The molecule has 1 atom stereocenters. The monoisotopic (exact) mass is 742 g/mol. The lowest BCUT2D eigenvalue weighted by Gasteiger charge is -2.40. The van der Waals surface area contributed by atoms with E-state index in [0.29, 0.717) is 29.5 Å². The van der Waals surface area contributed by atoms with Gasteiger partial charge in [-0.3, -0.25) is 37.9 Å². The van der Waals surface area contributed by atoms with E-state index in [4.69, 9.17) is 0 Å². The molecule has 0 radical (unpaired) electrons. The number of imide groups is 1. The van der Waals surface area contributed by atoms with Crippen LogP contribution in [0, 0.1) is 5.92 Å². The van der Waals surface area contributed by atoms with Gasteiger partial charge in [-0.25, -0.2) is 18.6 Å². The fraction of sp³-hybridized carbons (Fsp3) is 0.474. The van der Waals surface area contributed by atoms with Crippen LogP contribution in [-0.4, -0.2) is 83.6 Å². The maximum absolute atomic E-state index is 14.1. The minimum atomic E-state index is -2.83. The van der Waals surface area contributed by atoms with E-state index in [1.165, 1.54) is 17.0 Å². The second-order valence-electron chi connectivity index (χ2n) is 14.9. The number of aryl methyl sites for hydroxylation is 1. The highest BCUT2D eigenvalue weighted by atomic mass is 19.3. The summed E-state index contributed by atoms with van der Waals surface area (Å²) in [6.07, 6.45) is 7.74. The topological polar surface area (TPSA) is 144 Å². The van der Waals surface area contributed by atoms with Crippen molar-refractivity contribution in [3.63, 3.8) is 0 Å². The Hall–Kier alpha value is -5.38. The number of halogens is 2. The first-order valence-corrected chi connectivity index (χ1v) is 18.7. The van der Waals surface area contributed by atoms with Crippen molar-refractivity contribution in [2.75, 3.05) is 36.9 Å². The summed E-state index contributed by atoms with van der Waals surface area (Å²) in [6, 6.07) is 10.8. The zero-order valence-corrected chi connectivity index (χ0v) is 30.3. The van der Waals surface area contributed by atoms with Crippen molar-refractivity contribution < 1.29 is 23.2 Å². The fourth-order valence-corrected chi connectivity index (χ4v) is 8.74. The number of nitrogens with one attached hydrogen (secondary N) is 2. The minimum absolute atomic E-state index is 0.0134. The van der Waals surface area contributed by atoms with Crippen LogP contribution in [-0.2, 0) is 16.6 Å². The van der Waals surface area contributed by atoms with Gasteiger partial charge in [0.05, 0.1) is 34.6 Å². The number of pyridine rings is 1. The van der Waals surface area contributed by atoms with Gasteiger partial charge in [-0.1, -0.05) is 12.1 Å². The molecule has 16 heteroatoms. The Bertz CT molecular complexity index is 2280. The van der Waals surface area contributed by atoms with Crippen molar-refractivity contribution in [1.82, 2.24) is 38.5 Å². The summed E-state index contributed by atoms with van der Waals surface area (Å²) in [7, 11) is 3.91. The predicted octanol–water partition coefficient (Wildman–Crippen LogP) is 4.68. The van der Waals surface area contributed by atoms with Gasteiger partial charge in [-0.2, -0.15) is 5.10 Å². The Morgan fingerprint density at radius 1 is 1.02 bits per heavy atom. The maximum atomic E-state index is 14.1. The lowest BCUT2D eigenvalue weighted by Crippen LogP contribution is -2.45. The van der Waals surface area contributed by atoms with Crippen molar-refractivity contribution in [3.8, 4) is 0 Å². The second kappa shape index (κ2) is 14.5. The standard InChI is InChI=1S/C38H44F2N10O4/c1-45(24-15-18-47(19-16-24)27-6-5-7-28-34(27)46(2)38(54)50(28)29-13-14-32(51)43-36(29)52)21-23-9-11-25(12-10-23)49-22-26(33(44-49)35(39)40)42-37(53)30-20-41-31-8-3-4-17-48(30)31/h3-8,17,20,22-25,29,35H,9-16,18-19,21H2,1-2H3,(H,42,53)(H,43,51,52). The van der Waals surface area contributed by atoms with Crippen LogP contribution in [0.3, 0.4) is 0 Å². The molecular formula is C38H44F2N10O4. The van der Waals surface area contributed by atoms with Gasteiger partial charge in [-0.15, -0.1) is 0 Å². The normalized spacial score (nSPS) is 21.4. The first kappa shape index (κ1) is 35.6. The zero-order valence-electron chi connectivity index (χ0n) is 30.3. The molecule has 2 saturated heterocycles. The third kappa shape index (κ3) is 6.56. The third-order valence-electron chi connectivity index (χ3n) is 11.6. The minimum Gasteiger partial charge on any atom is -0.370 e. The molecule has 4 aromatic heterocycles. The Balaban J connectivity index is 0.868. The van der Waals surface area contributed by atoms with Crippen LogP contribution in [0.1, 0.15) is 86.1 Å². The van der Waals surface area contributed by atoms with Crippen LogP contribution in [0.25, 0.3) is 16.7 Å². The number of hydrogen-bond acceptors (Lipinski definition) is 8. The quantitative estimate of drug-likeness (QED) is 0.207. The van der Waals surface area contributed by atoms with Gasteiger partial charge in [0.15, 0.2) is 5.69 Å². The Kier molecular flexibility index (Phi) is 9.54. The summed E-state index contributed by atoms with van der Waals surface area (Å²) in [4.78, 5) is 59.9. The number of amides is 3. The molecule has 54 heavy (non-hydrogen) atoms. The summed E-state index contributed by atoms with van der Waals surface area (Å²) in [5.41, 5.74) is 2.58. The molecule has 14 nitrogen and oxygen atoms in total. The molecule has 1 unspecified atom stereocenters. The van der Waals surface area contributed by atoms with E-state index < -0.39 is 30.0 Å². The largest absolute Gasteiger partial charge is 0.370 e. The fourth-order valence-electron chi connectivity index (χ4n) is 8.74. The van der Waals surface area contributed by atoms with Gasteiger partial charge in [0.2, 0.25) is 11.8 Å². The molecule has 2 aliphatic heterocycles. The summed E-state index contributed by atoms with van der Waals surface area (Å²) in [6.45, 7) is 2.58. The predicted molar refractivity (Wildman–Crippen MR) is 198 cm³/mol. The number of carbonyl (C=O) groups excluding carboxylic acids is 3. The van der Waals surface area contributed by atoms with E-state index in [1.54, 1.807) is 39.0 Å². The van der Waals surface area contributed by atoms with E-state index in [9.17, 15) is 28.0 Å². The van der Waals surface area contributed by atoms with E-state index >= 15 is 0 Å². The van der Waals surface area contributed by atoms with E-state index in [1.807, 2.05) is 24.3 Å². The van der Waals surface area contributed by atoms with E-state index in [0.717, 1.165) is 69.4 Å². The van der Waals surface area contributed by atoms with Crippen LogP contribution in [0.2, 0.25) is 0 Å². The molecule has 284 valence electrons. The number of rotatable bonds is 9. The van der Waals surface area contributed by atoms with Gasteiger partial charge < -0.3 is 15.1 Å². The number of alkyl halides is 2.